The lowest BCUT2D eigenvalue weighted by molar-refractivity contribution is -0.123. The fourth-order valence-corrected chi connectivity index (χ4v) is 2.04. The van der Waals surface area contributed by atoms with Gasteiger partial charge in [0.2, 0.25) is 5.91 Å². The summed E-state index contributed by atoms with van der Waals surface area (Å²) >= 11 is 0. The van der Waals surface area contributed by atoms with Gasteiger partial charge >= 0.3 is 0 Å². The van der Waals surface area contributed by atoms with E-state index < -0.39 is 0 Å². The number of hydrogen-bond donors (Lipinski definition) is 2. The van der Waals surface area contributed by atoms with Crippen molar-refractivity contribution in [3.8, 4) is 0 Å². The average Bonchev–Trinajstić information content (AvgIpc) is 2.30. The minimum absolute atomic E-state index is 0.0228. The topological polar surface area (TPSA) is 58.4 Å². The molecule has 0 aromatic heterocycles. The first-order valence-electron chi connectivity index (χ1n) is 6.76. The molecular weight excluding hydrogens is 214 g/mol. The van der Waals surface area contributed by atoms with Crippen molar-refractivity contribution in [2.24, 2.45) is 17.6 Å². The predicted molar refractivity (Wildman–Crippen MR) is 70.7 cm³/mol. The van der Waals surface area contributed by atoms with Gasteiger partial charge in [-0.05, 0) is 37.8 Å². The number of carbonyl (C=O) groups is 1. The molecule has 1 aliphatic heterocycles. The SMILES string of the molecule is CC1CCN(CCNC(=O)[C@H](N)C(C)C)CC1. The molecule has 1 heterocycles. The molecule has 0 saturated carbocycles. The Bertz CT molecular complexity index is 235. The summed E-state index contributed by atoms with van der Waals surface area (Å²) in [5.74, 6) is 1.03. The first-order valence-corrected chi connectivity index (χ1v) is 6.76. The quantitative estimate of drug-likeness (QED) is 0.749. The third kappa shape index (κ3) is 5.04. The Morgan fingerprint density at radius 3 is 2.53 bits per heavy atom. The molecule has 1 amide bonds. The van der Waals surface area contributed by atoms with Gasteiger partial charge in [-0.3, -0.25) is 4.79 Å². The van der Waals surface area contributed by atoms with Crippen molar-refractivity contribution in [3.63, 3.8) is 0 Å². The summed E-state index contributed by atoms with van der Waals surface area (Å²) < 4.78 is 0. The number of amides is 1. The van der Waals surface area contributed by atoms with Crippen LogP contribution in [0.1, 0.15) is 33.6 Å². The molecule has 4 nitrogen and oxygen atoms in total. The zero-order chi connectivity index (χ0) is 12.8. The van der Waals surface area contributed by atoms with E-state index >= 15 is 0 Å². The van der Waals surface area contributed by atoms with Gasteiger partial charge in [0.1, 0.15) is 0 Å². The van der Waals surface area contributed by atoms with Gasteiger partial charge in [0.25, 0.3) is 0 Å². The molecule has 0 bridgehead atoms. The largest absolute Gasteiger partial charge is 0.353 e. The highest BCUT2D eigenvalue weighted by Crippen LogP contribution is 2.15. The summed E-state index contributed by atoms with van der Waals surface area (Å²) in [6, 6.07) is -0.378. The highest BCUT2D eigenvalue weighted by Gasteiger charge is 2.18. The van der Waals surface area contributed by atoms with E-state index in [-0.39, 0.29) is 17.9 Å². The van der Waals surface area contributed by atoms with Crippen LogP contribution in [0.25, 0.3) is 0 Å². The Balaban J connectivity index is 2.13. The standard InChI is InChI=1S/C13H27N3O/c1-10(2)12(14)13(17)15-6-9-16-7-4-11(3)5-8-16/h10-12H,4-9,14H2,1-3H3,(H,15,17)/t12-/m1/s1. The molecule has 0 radical (unpaired) electrons. The first kappa shape index (κ1) is 14.5. The van der Waals surface area contributed by atoms with Crippen molar-refractivity contribution in [2.75, 3.05) is 26.2 Å². The molecule has 1 rings (SSSR count). The number of piperidine rings is 1. The summed E-state index contributed by atoms with van der Waals surface area (Å²) in [6.07, 6.45) is 2.55. The summed E-state index contributed by atoms with van der Waals surface area (Å²) in [4.78, 5) is 14.0. The molecule has 0 spiro atoms. The summed E-state index contributed by atoms with van der Waals surface area (Å²) in [6.45, 7) is 10.2. The fourth-order valence-electron chi connectivity index (χ4n) is 2.04. The van der Waals surface area contributed by atoms with Gasteiger partial charge in [-0.15, -0.1) is 0 Å². The third-order valence-corrected chi connectivity index (χ3v) is 3.62. The zero-order valence-corrected chi connectivity index (χ0v) is 11.4. The maximum Gasteiger partial charge on any atom is 0.237 e. The predicted octanol–water partition coefficient (Wildman–Crippen LogP) is 0.818. The molecular formula is C13H27N3O. The van der Waals surface area contributed by atoms with Crippen molar-refractivity contribution in [3.05, 3.63) is 0 Å². The molecule has 4 heteroatoms. The maximum absolute atomic E-state index is 11.6. The number of hydrogen-bond acceptors (Lipinski definition) is 3. The second kappa shape index (κ2) is 6.97. The van der Waals surface area contributed by atoms with E-state index in [1.54, 1.807) is 0 Å². The molecule has 100 valence electrons. The van der Waals surface area contributed by atoms with Crippen LogP contribution in [0.4, 0.5) is 0 Å². The smallest absolute Gasteiger partial charge is 0.237 e. The van der Waals surface area contributed by atoms with Crippen LogP contribution in [0.2, 0.25) is 0 Å². The van der Waals surface area contributed by atoms with Crippen molar-refractivity contribution < 1.29 is 4.79 Å². The molecule has 1 aliphatic rings. The molecule has 0 aromatic carbocycles. The molecule has 17 heavy (non-hydrogen) atoms. The lowest BCUT2D eigenvalue weighted by atomic mass is 9.99. The van der Waals surface area contributed by atoms with Crippen LogP contribution in [-0.4, -0.2) is 43.0 Å². The van der Waals surface area contributed by atoms with E-state index in [1.165, 1.54) is 12.8 Å². The second-order valence-corrected chi connectivity index (χ2v) is 5.58. The van der Waals surface area contributed by atoms with Crippen molar-refractivity contribution in [2.45, 2.75) is 39.7 Å². The Labute approximate surface area is 105 Å². The average molecular weight is 241 g/mol. The molecule has 1 saturated heterocycles. The first-order chi connectivity index (χ1) is 8.00. The summed E-state index contributed by atoms with van der Waals surface area (Å²) in [5, 5.41) is 2.92. The lowest BCUT2D eigenvalue weighted by Crippen LogP contribution is -2.46. The molecule has 1 fully saturated rings. The van der Waals surface area contributed by atoms with Crippen LogP contribution in [0.5, 0.6) is 0 Å². The van der Waals surface area contributed by atoms with Gasteiger partial charge in [-0.25, -0.2) is 0 Å². The number of nitrogens with one attached hydrogen (secondary N) is 1. The number of carbonyl (C=O) groups excluding carboxylic acids is 1. The monoisotopic (exact) mass is 241 g/mol. The Hall–Kier alpha value is -0.610. The van der Waals surface area contributed by atoms with Crippen molar-refractivity contribution in [1.29, 1.82) is 0 Å². The minimum Gasteiger partial charge on any atom is -0.353 e. The van der Waals surface area contributed by atoms with Crippen LogP contribution < -0.4 is 11.1 Å². The van der Waals surface area contributed by atoms with Crippen molar-refractivity contribution in [1.82, 2.24) is 10.2 Å². The molecule has 0 unspecified atom stereocenters. The van der Waals surface area contributed by atoms with E-state index in [0.29, 0.717) is 6.54 Å². The number of nitrogens with zero attached hydrogens (tertiary/aromatic N) is 1. The fraction of sp³-hybridized carbons (Fsp3) is 0.923. The Kier molecular flexibility index (Phi) is 5.92. The second-order valence-electron chi connectivity index (χ2n) is 5.58. The number of likely N-dealkylation sites (tertiary alicyclic amines) is 1. The van der Waals surface area contributed by atoms with Crippen LogP contribution in [0.3, 0.4) is 0 Å². The highest BCUT2D eigenvalue weighted by atomic mass is 16.2. The van der Waals surface area contributed by atoms with Gasteiger partial charge in [0.05, 0.1) is 6.04 Å². The van der Waals surface area contributed by atoms with Crippen LogP contribution in [0, 0.1) is 11.8 Å². The molecule has 1 atom stereocenters. The Morgan fingerprint density at radius 1 is 1.41 bits per heavy atom. The molecule has 3 N–H and O–H groups in total. The van der Waals surface area contributed by atoms with Gasteiger partial charge in [-0.1, -0.05) is 20.8 Å². The minimum atomic E-state index is -0.378. The van der Waals surface area contributed by atoms with E-state index in [4.69, 9.17) is 5.73 Å². The highest BCUT2D eigenvalue weighted by molar-refractivity contribution is 5.81. The van der Waals surface area contributed by atoms with E-state index in [2.05, 4.69) is 17.1 Å². The van der Waals surface area contributed by atoms with Gasteiger partial charge in [-0.2, -0.15) is 0 Å². The normalized spacial score (nSPS) is 20.5. The maximum atomic E-state index is 11.6. The lowest BCUT2D eigenvalue weighted by Gasteiger charge is -2.30. The van der Waals surface area contributed by atoms with Gasteiger partial charge in [0, 0.05) is 13.1 Å². The zero-order valence-electron chi connectivity index (χ0n) is 11.4. The van der Waals surface area contributed by atoms with E-state index in [0.717, 1.165) is 25.6 Å². The Morgan fingerprint density at radius 2 is 2.00 bits per heavy atom. The van der Waals surface area contributed by atoms with Gasteiger partial charge in [0.15, 0.2) is 0 Å². The van der Waals surface area contributed by atoms with E-state index in [9.17, 15) is 4.79 Å². The number of nitrogens with two attached hydrogens (primary N) is 1. The third-order valence-electron chi connectivity index (χ3n) is 3.62. The molecule has 0 aromatic rings. The van der Waals surface area contributed by atoms with Gasteiger partial charge < -0.3 is 16.0 Å². The summed E-state index contributed by atoms with van der Waals surface area (Å²) in [7, 11) is 0. The van der Waals surface area contributed by atoms with Crippen LogP contribution in [0.15, 0.2) is 0 Å². The van der Waals surface area contributed by atoms with Crippen molar-refractivity contribution >= 4 is 5.91 Å². The van der Waals surface area contributed by atoms with E-state index in [1.807, 2.05) is 13.8 Å². The van der Waals surface area contributed by atoms with Crippen LogP contribution >= 0.6 is 0 Å². The summed E-state index contributed by atoms with van der Waals surface area (Å²) in [5.41, 5.74) is 5.77. The van der Waals surface area contributed by atoms with Crippen LogP contribution in [-0.2, 0) is 4.79 Å². The number of rotatable bonds is 5. The molecule has 0 aliphatic carbocycles.